The zero-order valence-corrected chi connectivity index (χ0v) is 12.4. The van der Waals surface area contributed by atoms with E-state index in [0.29, 0.717) is 11.8 Å². The molecule has 18 heavy (non-hydrogen) atoms. The van der Waals surface area contributed by atoms with Crippen LogP contribution in [0.5, 0.6) is 0 Å². The maximum atomic E-state index is 12.5. The van der Waals surface area contributed by atoms with Crippen LogP contribution in [-0.2, 0) is 4.79 Å². The number of nitrogens with one attached hydrogen (secondary N) is 1. The Labute approximate surface area is 112 Å². The second kappa shape index (κ2) is 8.52. The van der Waals surface area contributed by atoms with E-state index in [9.17, 15) is 4.79 Å². The van der Waals surface area contributed by atoms with Crippen molar-refractivity contribution in [3.05, 3.63) is 0 Å². The molecule has 1 aliphatic rings. The third kappa shape index (κ3) is 4.97. The van der Waals surface area contributed by atoms with Gasteiger partial charge < -0.3 is 10.2 Å². The molecule has 0 aromatic heterocycles. The molecule has 0 aromatic rings. The molecule has 0 radical (unpaired) electrons. The third-order valence-corrected chi connectivity index (χ3v) is 3.84. The van der Waals surface area contributed by atoms with Crippen LogP contribution in [0.2, 0.25) is 0 Å². The Bertz CT molecular complexity index is 235. The summed E-state index contributed by atoms with van der Waals surface area (Å²) in [6, 6.07) is 0.0717. The van der Waals surface area contributed by atoms with Gasteiger partial charge in [0.1, 0.15) is 0 Å². The molecule has 1 N–H and O–H groups in total. The summed E-state index contributed by atoms with van der Waals surface area (Å²) in [6.45, 7) is 9.48. The highest BCUT2D eigenvalue weighted by Gasteiger charge is 2.27. The molecule has 0 spiro atoms. The zero-order chi connectivity index (χ0) is 13.4. The van der Waals surface area contributed by atoms with Crippen molar-refractivity contribution in [3.63, 3.8) is 0 Å². The van der Waals surface area contributed by atoms with Gasteiger partial charge in [0.2, 0.25) is 5.91 Å². The van der Waals surface area contributed by atoms with Crippen molar-refractivity contribution in [2.75, 3.05) is 19.6 Å². The average Bonchev–Trinajstić information content (AvgIpc) is 2.38. The van der Waals surface area contributed by atoms with Gasteiger partial charge in [-0.2, -0.15) is 0 Å². The molecule has 106 valence electrons. The Morgan fingerprint density at radius 1 is 1.22 bits per heavy atom. The number of hydrogen-bond donors (Lipinski definition) is 1. The van der Waals surface area contributed by atoms with Crippen LogP contribution < -0.4 is 5.32 Å². The maximum Gasteiger partial charge on any atom is 0.239 e. The zero-order valence-electron chi connectivity index (χ0n) is 12.4. The second-order valence-electron chi connectivity index (χ2n) is 5.67. The fourth-order valence-electron chi connectivity index (χ4n) is 2.55. The number of hydrogen-bond acceptors (Lipinski definition) is 2. The smallest absolute Gasteiger partial charge is 0.239 e. The van der Waals surface area contributed by atoms with Crippen molar-refractivity contribution in [2.45, 2.75) is 65.3 Å². The summed E-state index contributed by atoms with van der Waals surface area (Å²) in [4.78, 5) is 14.6. The first-order valence-electron chi connectivity index (χ1n) is 7.71. The summed E-state index contributed by atoms with van der Waals surface area (Å²) < 4.78 is 0. The molecule has 1 saturated heterocycles. The van der Waals surface area contributed by atoms with E-state index in [2.05, 4.69) is 31.0 Å². The summed E-state index contributed by atoms with van der Waals surface area (Å²) >= 11 is 0. The van der Waals surface area contributed by atoms with E-state index >= 15 is 0 Å². The van der Waals surface area contributed by atoms with Crippen LogP contribution in [0, 0.1) is 5.92 Å². The molecule has 0 aromatic carbocycles. The standard InChI is InChI=1S/C15H30N2O/c1-4-6-10-17(11-7-5-2)15(18)14-12-13(3)8-9-16-14/h13-14,16H,4-12H2,1-3H3. The molecule has 1 amide bonds. The lowest BCUT2D eigenvalue weighted by molar-refractivity contribution is -0.134. The molecule has 3 heteroatoms. The van der Waals surface area contributed by atoms with Crippen LogP contribution in [0.25, 0.3) is 0 Å². The first-order valence-corrected chi connectivity index (χ1v) is 7.71. The number of carbonyl (C=O) groups is 1. The maximum absolute atomic E-state index is 12.5. The molecule has 1 heterocycles. The Hall–Kier alpha value is -0.570. The topological polar surface area (TPSA) is 32.3 Å². The van der Waals surface area contributed by atoms with Gasteiger partial charge in [0.05, 0.1) is 6.04 Å². The molecule has 0 saturated carbocycles. The molecule has 1 rings (SSSR count). The largest absolute Gasteiger partial charge is 0.341 e. The predicted molar refractivity (Wildman–Crippen MR) is 76.6 cm³/mol. The minimum atomic E-state index is 0.0717. The fraction of sp³-hybridized carbons (Fsp3) is 0.933. The Morgan fingerprint density at radius 3 is 2.33 bits per heavy atom. The van der Waals surface area contributed by atoms with Crippen molar-refractivity contribution in [3.8, 4) is 0 Å². The van der Waals surface area contributed by atoms with Crippen LogP contribution in [-0.4, -0.2) is 36.5 Å². The summed E-state index contributed by atoms with van der Waals surface area (Å²) in [5, 5.41) is 3.39. The number of carbonyl (C=O) groups excluding carboxylic acids is 1. The van der Waals surface area contributed by atoms with Gasteiger partial charge in [0, 0.05) is 13.1 Å². The monoisotopic (exact) mass is 254 g/mol. The van der Waals surface area contributed by atoms with Crippen molar-refractivity contribution in [1.82, 2.24) is 10.2 Å². The molecule has 1 fully saturated rings. The molecule has 2 atom stereocenters. The number of rotatable bonds is 7. The third-order valence-electron chi connectivity index (χ3n) is 3.84. The lowest BCUT2D eigenvalue weighted by Crippen LogP contribution is -2.50. The Morgan fingerprint density at radius 2 is 1.83 bits per heavy atom. The molecular formula is C15H30N2O. The van der Waals surface area contributed by atoms with Gasteiger partial charge in [-0.05, 0) is 38.1 Å². The highest BCUT2D eigenvalue weighted by molar-refractivity contribution is 5.82. The van der Waals surface area contributed by atoms with E-state index in [1.54, 1.807) is 0 Å². The predicted octanol–water partition coefficient (Wildman–Crippen LogP) is 2.80. The molecular weight excluding hydrogens is 224 g/mol. The van der Waals surface area contributed by atoms with Gasteiger partial charge in [-0.1, -0.05) is 33.6 Å². The highest BCUT2D eigenvalue weighted by atomic mass is 16.2. The first-order chi connectivity index (χ1) is 8.69. The quantitative estimate of drug-likeness (QED) is 0.757. The van der Waals surface area contributed by atoms with Gasteiger partial charge in [0.15, 0.2) is 0 Å². The lowest BCUT2D eigenvalue weighted by atomic mass is 9.93. The molecule has 1 aliphatic heterocycles. The fourth-order valence-corrected chi connectivity index (χ4v) is 2.55. The van der Waals surface area contributed by atoms with Gasteiger partial charge in [-0.15, -0.1) is 0 Å². The summed E-state index contributed by atoms with van der Waals surface area (Å²) in [6.07, 6.45) is 6.77. The van der Waals surface area contributed by atoms with Gasteiger partial charge in [0.25, 0.3) is 0 Å². The van der Waals surface area contributed by atoms with Crippen LogP contribution in [0.3, 0.4) is 0 Å². The molecule has 0 aliphatic carbocycles. The van der Waals surface area contributed by atoms with E-state index in [-0.39, 0.29) is 6.04 Å². The second-order valence-corrected chi connectivity index (χ2v) is 5.67. The Kier molecular flexibility index (Phi) is 7.33. The average molecular weight is 254 g/mol. The van der Waals surface area contributed by atoms with Crippen molar-refractivity contribution < 1.29 is 4.79 Å². The van der Waals surface area contributed by atoms with Crippen LogP contribution in [0.4, 0.5) is 0 Å². The molecule has 3 nitrogen and oxygen atoms in total. The summed E-state index contributed by atoms with van der Waals surface area (Å²) in [7, 11) is 0. The SMILES string of the molecule is CCCCN(CCCC)C(=O)C1CC(C)CCN1. The van der Waals surface area contributed by atoms with Crippen LogP contribution in [0.15, 0.2) is 0 Å². The first kappa shape index (κ1) is 15.5. The summed E-state index contributed by atoms with van der Waals surface area (Å²) in [5.74, 6) is 1.02. The van der Waals surface area contributed by atoms with Crippen molar-refractivity contribution in [2.24, 2.45) is 5.92 Å². The van der Waals surface area contributed by atoms with Crippen LogP contribution >= 0.6 is 0 Å². The number of nitrogens with zero attached hydrogens (tertiary/aromatic N) is 1. The van der Waals surface area contributed by atoms with Gasteiger partial charge in [-0.25, -0.2) is 0 Å². The molecule has 2 unspecified atom stereocenters. The number of piperidine rings is 1. The lowest BCUT2D eigenvalue weighted by Gasteiger charge is -2.32. The van der Waals surface area contributed by atoms with E-state index < -0.39 is 0 Å². The highest BCUT2D eigenvalue weighted by Crippen LogP contribution is 2.17. The molecule has 0 bridgehead atoms. The van der Waals surface area contributed by atoms with Crippen molar-refractivity contribution in [1.29, 1.82) is 0 Å². The van der Waals surface area contributed by atoms with E-state index in [1.165, 1.54) is 6.42 Å². The summed E-state index contributed by atoms with van der Waals surface area (Å²) in [5.41, 5.74) is 0. The van der Waals surface area contributed by atoms with E-state index in [1.807, 2.05) is 0 Å². The van der Waals surface area contributed by atoms with Crippen LogP contribution in [0.1, 0.15) is 59.3 Å². The number of amides is 1. The van der Waals surface area contributed by atoms with E-state index in [4.69, 9.17) is 0 Å². The minimum absolute atomic E-state index is 0.0717. The van der Waals surface area contributed by atoms with Gasteiger partial charge >= 0.3 is 0 Å². The Balaban J connectivity index is 2.50. The van der Waals surface area contributed by atoms with Crippen molar-refractivity contribution >= 4 is 5.91 Å². The number of unbranched alkanes of at least 4 members (excludes halogenated alkanes) is 2. The normalized spacial score (nSPS) is 23.9. The van der Waals surface area contributed by atoms with Gasteiger partial charge in [-0.3, -0.25) is 4.79 Å². The minimum Gasteiger partial charge on any atom is -0.341 e. The van der Waals surface area contributed by atoms with E-state index in [0.717, 1.165) is 51.7 Å².